The van der Waals surface area contributed by atoms with Crippen molar-refractivity contribution in [3.05, 3.63) is 64.9 Å². The Morgan fingerprint density at radius 3 is 2.53 bits per heavy atom. The molecule has 0 aliphatic heterocycles. The summed E-state index contributed by atoms with van der Waals surface area (Å²) in [6.45, 7) is 0. The molecule has 0 radical (unpaired) electrons. The third-order valence-electron chi connectivity index (χ3n) is 2.76. The minimum atomic E-state index is 0.266. The molecular formula is C14H15ClN2. The molecule has 2 aromatic rings. The highest BCUT2D eigenvalue weighted by Gasteiger charge is 2.10. The van der Waals surface area contributed by atoms with Crippen molar-refractivity contribution in [3.8, 4) is 0 Å². The molecule has 2 rings (SSSR count). The highest BCUT2D eigenvalue weighted by atomic mass is 35.5. The number of nitrogens with one attached hydrogen (secondary N) is 1. The van der Waals surface area contributed by atoms with Crippen LogP contribution >= 0.6 is 11.6 Å². The van der Waals surface area contributed by atoms with Gasteiger partial charge in [0.05, 0.1) is 0 Å². The van der Waals surface area contributed by atoms with Crippen molar-refractivity contribution in [2.24, 2.45) is 0 Å². The maximum atomic E-state index is 5.89. The number of hydrogen-bond donors (Lipinski definition) is 1. The molecule has 0 fully saturated rings. The standard InChI is InChI=1S/C14H15ClN2/c1-16-14(10-13-4-2-3-9-17-13)11-5-7-12(15)8-6-11/h2-9,14,16H,10H2,1H3. The molecule has 17 heavy (non-hydrogen) atoms. The van der Waals surface area contributed by atoms with E-state index in [1.54, 1.807) is 0 Å². The molecule has 1 atom stereocenters. The van der Waals surface area contributed by atoms with Crippen LogP contribution in [0.25, 0.3) is 0 Å². The van der Waals surface area contributed by atoms with Gasteiger partial charge in [-0.05, 0) is 36.9 Å². The molecule has 0 aliphatic rings. The van der Waals surface area contributed by atoms with Crippen LogP contribution < -0.4 is 5.32 Å². The Labute approximate surface area is 107 Å². The van der Waals surface area contributed by atoms with Gasteiger partial charge in [-0.3, -0.25) is 4.98 Å². The van der Waals surface area contributed by atoms with Crippen molar-refractivity contribution in [3.63, 3.8) is 0 Å². The summed E-state index contributed by atoms with van der Waals surface area (Å²) in [7, 11) is 1.96. The minimum absolute atomic E-state index is 0.266. The van der Waals surface area contributed by atoms with Crippen LogP contribution in [0, 0.1) is 0 Å². The summed E-state index contributed by atoms with van der Waals surface area (Å²) in [5.74, 6) is 0. The number of hydrogen-bond acceptors (Lipinski definition) is 2. The van der Waals surface area contributed by atoms with Crippen molar-refractivity contribution in [1.29, 1.82) is 0 Å². The molecule has 2 nitrogen and oxygen atoms in total. The van der Waals surface area contributed by atoms with Gasteiger partial charge in [-0.25, -0.2) is 0 Å². The Morgan fingerprint density at radius 2 is 1.94 bits per heavy atom. The average molecular weight is 247 g/mol. The van der Waals surface area contributed by atoms with Gasteiger partial charge >= 0.3 is 0 Å². The van der Waals surface area contributed by atoms with Gasteiger partial charge in [0.2, 0.25) is 0 Å². The third-order valence-corrected chi connectivity index (χ3v) is 3.01. The zero-order valence-electron chi connectivity index (χ0n) is 9.73. The van der Waals surface area contributed by atoms with E-state index < -0.39 is 0 Å². The number of pyridine rings is 1. The fourth-order valence-corrected chi connectivity index (χ4v) is 1.94. The zero-order chi connectivity index (χ0) is 12.1. The first-order valence-corrected chi connectivity index (χ1v) is 6.00. The van der Waals surface area contributed by atoms with Gasteiger partial charge in [-0.2, -0.15) is 0 Å². The minimum Gasteiger partial charge on any atom is -0.313 e. The summed E-state index contributed by atoms with van der Waals surface area (Å²) in [6, 6.07) is 14.2. The largest absolute Gasteiger partial charge is 0.313 e. The van der Waals surface area contributed by atoms with Crippen molar-refractivity contribution in [2.75, 3.05) is 7.05 Å². The summed E-state index contributed by atoms with van der Waals surface area (Å²) >= 11 is 5.89. The lowest BCUT2D eigenvalue weighted by molar-refractivity contribution is 0.584. The molecule has 1 heterocycles. The van der Waals surface area contributed by atoms with E-state index in [2.05, 4.69) is 10.3 Å². The molecular weight excluding hydrogens is 232 g/mol. The summed E-state index contributed by atoms with van der Waals surface area (Å²) < 4.78 is 0. The van der Waals surface area contributed by atoms with Crippen LogP contribution in [-0.4, -0.2) is 12.0 Å². The lowest BCUT2D eigenvalue weighted by Crippen LogP contribution is -2.19. The highest BCUT2D eigenvalue weighted by Crippen LogP contribution is 2.19. The number of likely N-dealkylation sites (N-methyl/N-ethyl adjacent to an activating group) is 1. The van der Waals surface area contributed by atoms with Gasteiger partial charge in [-0.15, -0.1) is 0 Å². The van der Waals surface area contributed by atoms with Crippen LogP contribution in [-0.2, 0) is 6.42 Å². The second-order valence-electron chi connectivity index (χ2n) is 3.92. The normalized spacial score (nSPS) is 12.4. The van der Waals surface area contributed by atoms with Crippen molar-refractivity contribution < 1.29 is 0 Å². The fraction of sp³-hybridized carbons (Fsp3) is 0.214. The van der Waals surface area contributed by atoms with Crippen molar-refractivity contribution >= 4 is 11.6 Å². The Hall–Kier alpha value is -1.38. The first-order valence-electron chi connectivity index (χ1n) is 5.62. The maximum Gasteiger partial charge on any atom is 0.0422 e. The molecule has 3 heteroatoms. The number of nitrogens with zero attached hydrogens (tertiary/aromatic N) is 1. The van der Waals surface area contributed by atoms with E-state index in [0.29, 0.717) is 0 Å². The first-order chi connectivity index (χ1) is 8.29. The number of halogens is 1. The molecule has 0 amide bonds. The van der Waals surface area contributed by atoms with Gasteiger partial charge in [0.15, 0.2) is 0 Å². The molecule has 0 saturated heterocycles. The lowest BCUT2D eigenvalue weighted by Gasteiger charge is -2.16. The van der Waals surface area contributed by atoms with Crippen molar-refractivity contribution in [2.45, 2.75) is 12.5 Å². The number of benzene rings is 1. The highest BCUT2D eigenvalue weighted by molar-refractivity contribution is 6.30. The predicted octanol–water partition coefficient (Wildman–Crippen LogP) is 3.24. The Morgan fingerprint density at radius 1 is 1.18 bits per heavy atom. The SMILES string of the molecule is CNC(Cc1ccccn1)c1ccc(Cl)cc1. The van der Waals surface area contributed by atoms with Crippen LogP contribution in [0.1, 0.15) is 17.3 Å². The molecule has 0 saturated carbocycles. The molecule has 0 aliphatic carbocycles. The number of rotatable bonds is 4. The molecule has 1 aromatic heterocycles. The maximum absolute atomic E-state index is 5.89. The third kappa shape index (κ3) is 3.29. The quantitative estimate of drug-likeness (QED) is 0.896. The Balaban J connectivity index is 2.14. The van der Waals surface area contributed by atoms with Gasteiger partial charge in [-0.1, -0.05) is 29.8 Å². The topological polar surface area (TPSA) is 24.9 Å². The summed E-state index contributed by atoms with van der Waals surface area (Å²) in [6.07, 6.45) is 2.70. The molecule has 1 N–H and O–H groups in total. The first kappa shape index (κ1) is 12.1. The molecule has 0 spiro atoms. The summed E-state index contributed by atoms with van der Waals surface area (Å²) in [4.78, 5) is 4.34. The average Bonchev–Trinajstić information content (AvgIpc) is 2.38. The van der Waals surface area contributed by atoms with Crippen LogP contribution in [0.4, 0.5) is 0 Å². The van der Waals surface area contributed by atoms with E-state index in [1.165, 1.54) is 5.56 Å². The van der Waals surface area contributed by atoms with E-state index >= 15 is 0 Å². The monoisotopic (exact) mass is 246 g/mol. The van der Waals surface area contributed by atoms with Crippen LogP contribution in [0.5, 0.6) is 0 Å². The van der Waals surface area contributed by atoms with E-state index in [1.807, 2.05) is 55.7 Å². The van der Waals surface area contributed by atoms with Gasteiger partial charge < -0.3 is 5.32 Å². The smallest absolute Gasteiger partial charge is 0.0422 e. The van der Waals surface area contributed by atoms with Gasteiger partial charge in [0, 0.05) is 29.4 Å². The van der Waals surface area contributed by atoms with E-state index in [9.17, 15) is 0 Å². The second-order valence-corrected chi connectivity index (χ2v) is 4.35. The van der Waals surface area contributed by atoms with Crippen LogP contribution in [0.3, 0.4) is 0 Å². The molecule has 88 valence electrons. The summed E-state index contributed by atoms with van der Waals surface area (Å²) in [5.41, 5.74) is 2.31. The van der Waals surface area contributed by atoms with E-state index in [-0.39, 0.29) is 6.04 Å². The number of aromatic nitrogens is 1. The molecule has 1 aromatic carbocycles. The van der Waals surface area contributed by atoms with Gasteiger partial charge in [0.25, 0.3) is 0 Å². The van der Waals surface area contributed by atoms with E-state index in [0.717, 1.165) is 17.1 Å². The summed E-state index contributed by atoms with van der Waals surface area (Å²) in [5, 5.41) is 4.07. The molecule has 1 unspecified atom stereocenters. The second kappa shape index (κ2) is 5.80. The van der Waals surface area contributed by atoms with Crippen LogP contribution in [0.15, 0.2) is 48.7 Å². The van der Waals surface area contributed by atoms with Gasteiger partial charge in [0.1, 0.15) is 0 Å². The van der Waals surface area contributed by atoms with Crippen LogP contribution in [0.2, 0.25) is 5.02 Å². The fourth-order valence-electron chi connectivity index (χ4n) is 1.81. The predicted molar refractivity (Wildman–Crippen MR) is 71.2 cm³/mol. The molecule has 0 bridgehead atoms. The van der Waals surface area contributed by atoms with Crippen molar-refractivity contribution in [1.82, 2.24) is 10.3 Å². The Bertz CT molecular complexity index is 453. The van der Waals surface area contributed by atoms with E-state index in [4.69, 9.17) is 11.6 Å². The lowest BCUT2D eigenvalue weighted by atomic mass is 10.0. The Kier molecular flexibility index (Phi) is 4.13. The zero-order valence-corrected chi connectivity index (χ0v) is 10.5.